The molecule has 2 rings (SSSR count). The van der Waals surface area contributed by atoms with Crippen LogP contribution in [-0.4, -0.2) is 5.84 Å². The molecular formula is C15H14N2. The fraction of sp³-hybridized carbons (Fsp3) is 0. The lowest BCUT2D eigenvalue weighted by atomic mass is 10.1. The highest BCUT2D eigenvalue weighted by Gasteiger charge is 1.95. The van der Waals surface area contributed by atoms with Crippen molar-refractivity contribution >= 4 is 18.0 Å². The molecule has 0 unspecified atom stereocenters. The van der Waals surface area contributed by atoms with Gasteiger partial charge in [-0.3, -0.25) is 5.41 Å². The first-order chi connectivity index (χ1) is 8.25. The standard InChI is InChI=1S/C15H14N2/c16-15(17)14-8-4-7-13(11-14)10-9-12-5-2-1-3-6-12/h1-11H,(H3,16,17)/b10-9+. The molecule has 17 heavy (non-hydrogen) atoms. The fourth-order valence-corrected chi connectivity index (χ4v) is 1.57. The van der Waals surface area contributed by atoms with Gasteiger partial charge in [0.05, 0.1) is 0 Å². The van der Waals surface area contributed by atoms with E-state index < -0.39 is 0 Å². The van der Waals surface area contributed by atoms with Crippen LogP contribution in [0.4, 0.5) is 0 Å². The molecule has 0 atom stereocenters. The Bertz CT molecular complexity index is 542. The maximum Gasteiger partial charge on any atom is 0.122 e. The van der Waals surface area contributed by atoms with Gasteiger partial charge in [-0.15, -0.1) is 0 Å². The zero-order valence-corrected chi connectivity index (χ0v) is 9.43. The summed E-state index contributed by atoms with van der Waals surface area (Å²) in [5.74, 6) is 0.0972. The van der Waals surface area contributed by atoms with Gasteiger partial charge in [0.2, 0.25) is 0 Å². The fourth-order valence-electron chi connectivity index (χ4n) is 1.57. The molecular weight excluding hydrogens is 208 g/mol. The lowest BCUT2D eigenvalue weighted by molar-refractivity contribution is 1.42. The number of hydrogen-bond donors (Lipinski definition) is 2. The van der Waals surface area contributed by atoms with Crippen LogP contribution < -0.4 is 5.73 Å². The zero-order chi connectivity index (χ0) is 12.1. The third-order valence-corrected chi connectivity index (χ3v) is 2.47. The van der Waals surface area contributed by atoms with E-state index in [9.17, 15) is 0 Å². The number of benzene rings is 2. The quantitative estimate of drug-likeness (QED) is 0.468. The summed E-state index contributed by atoms with van der Waals surface area (Å²) in [6.45, 7) is 0. The van der Waals surface area contributed by atoms with E-state index in [2.05, 4.69) is 0 Å². The van der Waals surface area contributed by atoms with Gasteiger partial charge >= 0.3 is 0 Å². The summed E-state index contributed by atoms with van der Waals surface area (Å²) in [5, 5.41) is 7.38. The maximum absolute atomic E-state index is 7.38. The predicted octanol–water partition coefficient (Wildman–Crippen LogP) is 3.14. The Hall–Kier alpha value is -2.35. The van der Waals surface area contributed by atoms with Gasteiger partial charge in [-0.1, -0.05) is 60.7 Å². The van der Waals surface area contributed by atoms with Crippen LogP contribution in [0.25, 0.3) is 12.2 Å². The van der Waals surface area contributed by atoms with Crippen molar-refractivity contribution < 1.29 is 0 Å². The average Bonchev–Trinajstić information content (AvgIpc) is 2.38. The minimum Gasteiger partial charge on any atom is -0.384 e. The maximum atomic E-state index is 7.38. The molecule has 84 valence electrons. The average molecular weight is 222 g/mol. The van der Waals surface area contributed by atoms with Crippen LogP contribution in [0.15, 0.2) is 54.6 Å². The number of amidine groups is 1. The Kier molecular flexibility index (Phi) is 3.36. The van der Waals surface area contributed by atoms with Gasteiger partial charge in [-0.05, 0) is 17.2 Å². The molecule has 0 saturated heterocycles. The highest BCUT2D eigenvalue weighted by atomic mass is 14.7. The second-order valence-electron chi connectivity index (χ2n) is 3.78. The smallest absolute Gasteiger partial charge is 0.122 e. The van der Waals surface area contributed by atoms with Crippen molar-refractivity contribution in [2.45, 2.75) is 0 Å². The molecule has 2 aromatic rings. The Morgan fingerprint density at radius 1 is 0.882 bits per heavy atom. The summed E-state index contributed by atoms with van der Waals surface area (Å²) in [6.07, 6.45) is 4.06. The minimum atomic E-state index is 0.0972. The summed E-state index contributed by atoms with van der Waals surface area (Å²) in [6, 6.07) is 17.7. The second-order valence-corrected chi connectivity index (χ2v) is 3.78. The van der Waals surface area contributed by atoms with E-state index in [1.54, 1.807) is 0 Å². The van der Waals surface area contributed by atoms with Crippen molar-refractivity contribution in [3.05, 3.63) is 71.3 Å². The van der Waals surface area contributed by atoms with E-state index in [4.69, 9.17) is 11.1 Å². The van der Waals surface area contributed by atoms with Crippen LogP contribution in [0.1, 0.15) is 16.7 Å². The molecule has 0 bridgehead atoms. The minimum absolute atomic E-state index is 0.0972. The van der Waals surface area contributed by atoms with Crippen LogP contribution in [-0.2, 0) is 0 Å². The van der Waals surface area contributed by atoms with Crippen molar-refractivity contribution in [1.29, 1.82) is 5.41 Å². The molecule has 0 aromatic heterocycles. The SMILES string of the molecule is N=C(N)c1cccc(/C=C/c2ccccc2)c1. The highest BCUT2D eigenvalue weighted by Crippen LogP contribution is 2.10. The molecule has 0 amide bonds. The third kappa shape index (κ3) is 3.05. The summed E-state index contributed by atoms with van der Waals surface area (Å²) in [7, 11) is 0. The van der Waals surface area contributed by atoms with E-state index in [0.717, 1.165) is 16.7 Å². The van der Waals surface area contributed by atoms with E-state index in [1.807, 2.05) is 66.7 Å². The monoisotopic (exact) mass is 222 g/mol. The number of nitrogens with two attached hydrogens (primary N) is 1. The molecule has 2 nitrogen and oxygen atoms in total. The topological polar surface area (TPSA) is 49.9 Å². The van der Waals surface area contributed by atoms with Crippen molar-refractivity contribution in [2.24, 2.45) is 5.73 Å². The summed E-state index contributed by atoms with van der Waals surface area (Å²) in [5.41, 5.74) is 8.40. The normalized spacial score (nSPS) is 10.6. The third-order valence-electron chi connectivity index (χ3n) is 2.47. The van der Waals surface area contributed by atoms with Gasteiger partial charge < -0.3 is 5.73 Å². The molecule has 2 heteroatoms. The molecule has 0 aliphatic heterocycles. The molecule has 0 saturated carbocycles. The van der Waals surface area contributed by atoms with E-state index in [1.165, 1.54) is 0 Å². The van der Waals surface area contributed by atoms with Crippen molar-refractivity contribution in [3.63, 3.8) is 0 Å². The Labute approximate surface area is 101 Å². The van der Waals surface area contributed by atoms with Crippen LogP contribution in [0.5, 0.6) is 0 Å². The first-order valence-electron chi connectivity index (χ1n) is 5.43. The van der Waals surface area contributed by atoms with E-state index >= 15 is 0 Å². The first kappa shape index (κ1) is 11.1. The number of rotatable bonds is 3. The van der Waals surface area contributed by atoms with Gasteiger partial charge in [0.25, 0.3) is 0 Å². The van der Waals surface area contributed by atoms with Crippen LogP contribution in [0.3, 0.4) is 0 Å². The number of nitrogens with one attached hydrogen (secondary N) is 1. The van der Waals surface area contributed by atoms with Gasteiger partial charge in [0.1, 0.15) is 5.84 Å². The van der Waals surface area contributed by atoms with E-state index in [-0.39, 0.29) is 5.84 Å². The molecule has 2 aromatic carbocycles. The molecule has 0 aliphatic rings. The summed E-state index contributed by atoms with van der Waals surface area (Å²) >= 11 is 0. The summed E-state index contributed by atoms with van der Waals surface area (Å²) < 4.78 is 0. The largest absolute Gasteiger partial charge is 0.384 e. The molecule has 0 heterocycles. The number of hydrogen-bond acceptors (Lipinski definition) is 1. The van der Waals surface area contributed by atoms with Gasteiger partial charge in [-0.2, -0.15) is 0 Å². The molecule has 3 N–H and O–H groups in total. The van der Waals surface area contributed by atoms with Crippen molar-refractivity contribution in [1.82, 2.24) is 0 Å². The molecule has 0 aliphatic carbocycles. The highest BCUT2D eigenvalue weighted by molar-refractivity contribution is 5.95. The van der Waals surface area contributed by atoms with Gasteiger partial charge in [-0.25, -0.2) is 0 Å². The molecule has 0 radical (unpaired) electrons. The lowest BCUT2D eigenvalue weighted by Crippen LogP contribution is -2.10. The van der Waals surface area contributed by atoms with Gasteiger partial charge in [0.15, 0.2) is 0 Å². The van der Waals surface area contributed by atoms with Crippen LogP contribution >= 0.6 is 0 Å². The van der Waals surface area contributed by atoms with Crippen molar-refractivity contribution in [3.8, 4) is 0 Å². The van der Waals surface area contributed by atoms with Gasteiger partial charge in [0, 0.05) is 5.56 Å². The van der Waals surface area contributed by atoms with Crippen LogP contribution in [0, 0.1) is 5.41 Å². The second kappa shape index (κ2) is 5.12. The van der Waals surface area contributed by atoms with E-state index in [0.29, 0.717) is 0 Å². The molecule has 0 fully saturated rings. The summed E-state index contributed by atoms with van der Waals surface area (Å²) in [4.78, 5) is 0. The van der Waals surface area contributed by atoms with Crippen LogP contribution in [0.2, 0.25) is 0 Å². The Morgan fingerprint density at radius 3 is 2.24 bits per heavy atom. The lowest BCUT2D eigenvalue weighted by Gasteiger charge is -1.99. The zero-order valence-electron chi connectivity index (χ0n) is 9.43. The Morgan fingerprint density at radius 2 is 1.53 bits per heavy atom. The first-order valence-corrected chi connectivity index (χ1v) is 5.43. The van der Waals surface area contributed by atoms with Crippen molar-refractivity contribution in [2.75, 3.05) is 0 Å². The molecule has 0 spiro atoms. The Balaban J connectivity index is 2.22. The number of nitrogen functional groups attached to an aromatic ring is 1. The predicted molar refractivity (Wildman–Crippen MR) is 72.8 cm³/mol.